The number of hydrogen-bond acceptors (Lipinski definition) is 4. The van der Waals surface area contributed by atoms with Gasteiger partial charge in [0.05, 0.1) is 17.8 Å². The molecule has 1 aromatic rings. The van der Waals surface area contributed by atoms with Gasteiger partial charge in [-0.15, -0.1) is 5.10 Å². The predicted octanol–water partition coefficient (Wildman–Crippen LogP) is 1.58. The third-order valence-electron chi connectivity index (χ3n) is 3.36. The van der Waals surface area contributed by atoms with Gasteiger partial charge in [0.1, 0.15) is 0 Å². The van der Waals surface area contributed by atoms with Gasteiger partial charge in [0.15, 0.2) is 5.69 Å². The quantitative estimate of drug-likeness (QED) is 0.818. The van der Waals surface area contributed by atoms with Crippen molar-refractivity contribution in [3.05, 3.63) is 11.4 Å². The molecule has 6 heteroatoms. The minimum Gasteiger partial charge on any atom is -0.476 e. The smallest absolute Gasteiger partial charge is 0.358 e. The number of carbonyl (C=O) groups is 1. The van der Waals surface area contributed by atoms with Crippen LogP contribution in [-0.2, 0) is 13.0 Å². The van der Waals surface area contributed by atoms with Crippen molar-refractivity contribution in [2.45, 2.75) is 53.2 Å². The Bertz CT molecular complexity index is 450. The second-order valence-corrected chi connectivity index (χ2v) is 5.96. The highest BCUT2D eigenvalue weighted by atomic mass is 16.4. The number of aromatic nitrogens is 3. The predicted molar refractivity (Wildman–Crippen MR) is 71.0 cm³/mol. The van der Waals surface area contributed by atoms with Gasteiger partial charge in [-0.05, 0) is 25.2 Å². The zero-order valence-electron chi connectivity index (χ0n) is 12.2. The summed E-state index contributed by atoms with van der Waals surface area (Å²) < 4.78 is 1.52. The van der Waals surface area contributed by atoms with Crippen molar-refractivity contribution in [1.82, 2.24) is 15.0 Å². The molecule has 1 rings (SSSR count). The van der Waals surface area contributed by atoms with Crippen LogP contribution >= 0.6 is 0 Å². The summed E-state index contributed by atoms with van der Waals surface area (Å²) in [6.45, 7) is 9.80. The molecule has 1 aromatic heterocycles. The third-order valence-corrected chi connectivity index (χ3v) is 3.36. The van der Waals surface area contributed by atoms with Gasteiger partial charge in [-0.25, -0.2) is 9.48 Å². The number of carboxylic acids is 1. The fourth-order valence-corrected chi connectivity index (χ4v) is 1.70. The van der Waals surface area contributed by atoms with E-state index in [4.69, 9.17) is 5.11 Å². The summed E-state index contributed by atoms with van der Waals surface area (Å²) >= 11 is 0. The van der Waals surface area contributed by atoms with Crippen LogP contribution in [0.15, 0.2) is 0 Å². The molecule has 0 aromatic carbocycles. The van der Waals surface area contributed by atoms with Crippen molar-refractivity contribution in [1.29, 1.82) is 0 Å². The zero-order valence-corrected chi connectivity index (χ0v) is 12.2. The van der Waals surface area contributed by atoms with Crippen molar-refractivity contribution in [2.24, 2.45) is 11.8 Å². The van der Waals surface area contributed by atoms with Gasteiger partial charge in [-0.1, -0.05) is 32.9 Å². The highest BCUT2D eigenvalue weighted by molar-refractivity contribution is 5.86. The van der Waals surface area contributed by atoms with E-state index in [-0.39, 0.29) is 18.2 Å². The summed E-state index contributed by atoms with van der Waals surface area (Å²) in [5, 5.41) is 27.0. The topological polar surface area (TPSA) is 88.2 Å². The summed E-state index contributed by atoms with van der Waals surface area (Å²) in [4.78, 5) is 11.1. The van der Waals surface area contributed by atoms with Gasteiger partial charge < -0.3 is 10.2 Å². The van der Waals surface area contributed by atoms with Crippen LogP contribution in [0.5, 0.6) is 0 Å². The van der Waals surface area contributed by atoms with Gasteiger partial charge >= 0.3 is 5.97 Å². The number of rotatable bonds is 6. The van der Waals surface area contributed by atoms with E-state index in [0.717, 1.165) is 0 Å². The van der Waals surface area contributed by atoms with E-state index in [1.54, 1.807) is 6.92 Å². The van der Waals surface area contributed by atoms with Crippen LogP contribution in [0.3, 0.4) is 0 Å². The summed E-state index contributed by atoms with van der Waals surface area (Å²) in [6, 6.07) is 0. The molecule has 0 spiro atoms. The molecule has 1 heterocycles. The third kappa shape index (κ3) is 3.76. The number of aromatic carboxylic acids is 1. The molecule has 108 valence electrons. The van der Waals surface area contributed by atoms with E-state index >= 15 is 0 Å². The first-order valence-electron chi connectivity index (χ1n) is 6.53. The van der Waals surface area contributed by atoms with Crippen LogP contribution in [0.1, 0.15) is 50.8 Å². The Balaban J connectivity index is 3.11. The highest BCUT2D eigenvalue weighted by Crippen LogP contribution is 2.21. The van der Waals surface area contributed by atoms with Crippen LogP contribution in [0.2, 0.25) is 0 Å². The second kappa shape index (κ2) is 5.69. The monoisotopic (exact) mass is 269 g/mol. The van der Waals surface area contributed by atoms with Crippen LogP contribution in [0, 0.1) is 11.8 Å². The lowest BCUT2D eigenvalue weighted by atomic mass is 9.92. The Morgan fingerprint density at radius 3 is 2.37 bits per heavy atom. The highest BCUT2D eigenvalue weighted by Gasteiger charge is 2.29. The van der Waals surface area contributed by atoms with E-state index in [1.165, 1.54) is 4.68 Å². The standard InChI is InChI=1S/C13H23N3O3/c1-8(2)6-10-11(12(17)18)14-15-16(10)7-13(5,19)9(3)4/h8-9,19H,6-7H2,1-5H3,(H,17,18). The molecule has 0 fully saturated rings. The molecule has 1 unspecified atom stereocenters. The Morgan fingerprint density at radius 2 is 1.95 bits per heavy atom. The van der Waals surface area contributed by atoms with Crippen LogP contribution in [0.4, 0.5) is 0 Å². The largest absolute Gasteiger partial charge is 0.476 e. The minimum absolute atomic E-state index is 0.0201. The lowest BCUT2D eigenvalue weighted by Gasteiger charge is -2.28. The minimum atomic E-state index is -1.08. The number of nitrogens with zero attached hydrogens (tertiary/aromatic N) is 3. The van der Waals surface area contributed by atoms with Crippen LogP contribution in [-0.4, -0.2) is 36.8 Å². The maximum Gasteiger partial charge on any atom is 0.358 e. The molecule has 0 aliphatic carbocycles. The van der Waals surface area contributed by atoms with E-state index in [1.807, 2.05) is 27.7 Å². The fraction of sp³-hybridized carbons (Fsp3) is 0.769. The Morgan fingerprint density at radius 1 is 1.37 bits per heavy atom. The number of hydrogen-bond donors (Lipinski definition) is 2. The lowest BCUT2D eigenvalue weighted by molar-refractivity contribution is -0.00693. The average molecular weight is 269 g/mol. The second-order valence-electron chi connectivity index (χ2n) is 5.96. The molecule has 0 amide bonds. The number of carboxylic acid groups (broad SMARTS) is 1. The summed E-state index contributed by atoms with van der Waals surface area (Å²) in [5.74, 6) is -0.748. The summed E-state index contributed by atoms with van der Waals surface area (Å²) in [7, 11) is 0. The van der Waals surface area contributed by atoms with Crippen molar-refractivity contribution in [2.75, 3.05) is 0 Å². The Kier molecular flexibility index (Phi) is 4.68. The first kappa shape index (κ1) is 15.6. The van der Waals surface area contributed by atoms with Crippen molar-refractivity contribution < 1.29 is 15.0 Å². The molecular formula is C13H23N3O3. The van der Waals surface area contributed by atoms with Crippen molar-refractivity contribution >= 4 is 5.97 Å². The first-order valence-corrected chi connectivity index (χ1v) is 6.53. The molecule has 6 nitrogen and oxygen atoms in total. The molecule has 2 N–H and O–H groups in total. The Hall–Kier alpha value is -1.43. The van der Waals surface area contributed by atoms with E-state index in [0.29, 0.717) is 18.0 Å². The van der Waals surface area contributed by atoms with Gasteiger partial charge in [-0.3, -0.25) is 0 Å². The van der Waals surface area contributed by atoms with E-state index < -0.39 is 11.6 Å². The maximum absolute atomic E-state index is 11.1. The zero-order chi connectivity index (χ0) is 14.8. The number of aliphatic hydroxyl groups is 1. The summed E-state index contributed by atoms with van der Waals surface area (Å²) in [5.41, 5.74) is -0.397. The van der Waals surface area contributed by atoms with E-state index in [9.17, 15) is 9.90 Å². The molecule has 0 saturated carbocycles. The fourth-order valence-electron chi connectivity index (χ4n) is 1.70. The van der Waals surface area contributed by atoms with Gasteiger partial charge in [0.2, 0.25) is 0 Å². The first-order chi connectivity index (χ1) is 8.65. The van der Waals surface area contributed by atoms with Crippen molar-refractivity contribution in [3.8, 4) is 0 Å². The molecule has 0 saturated heterocycles. The van der Waals surface area contributed by atoms with Crippen molar-refractivity contribution in [3.63, 3.8) is 0 Å². The Labute approximate surface area is 113 Å². The van der Waals surface area contributed by atoms with Crippen LogP contribution in [0.25, 0.3) is 0 Å². The normalized spacial score (nSPS) is 14.9. The molecular weight excluding hydrogens is 246 g/mol. The molecule has 1 atom stereocenters. The van der Waals surface area contributed by atoms with Gasteiger partial charge in [0, 0.05) is 0 Å². The molecule has 0 aliphatic heterocycles. The molecule has 0 aliphatic rings. The summed E-state index contributed by atoms with van der Waals surface area (Å²) in [6.07, 6.45) is 0.572. The molecule has 19 heavy (non-hydrogen) atoms. The lowest BCUT2D eigenvalue weighted by Crippen LogP contribution is -2.37. The van der Waals surface area contributed by atoms with Crippen LogP contribution < -0.4 is 0 Å². The van der Waals surface area contributed by atoms with E-state index in [2.05, 4.69) is 10.3 Å². The SMILES string of the molecule is CC(C)Cc1c(C(=O)O)nnn1CC(C)(O)C(C)C. The van der Waals surface area contributed by atoms with Gasteiger partial charge in [0.25, 0.3) is 0 Å². The average Bonchev–Trinajstić information content (AvgIpc) is 2.60. The molecule has 0 radical (unpaired) electrons. The van der Waals surface area contributed by atoms with Gasteiger partial charge in [-0.2, -0.15) is 0 Å². The molecule has 0 bridgehead atoms. The maximum atomic E-state index is 11.1.